The predicted molar refractivity (Wildman–Crippen MR) is 71.6 cm³/mol. The van der Waals surface area contributed by atoms with Crippen LogP contribution in [0.25, 0.3) is 0 Å². The average Bonchev–Trinajstić information content (AvgIpc) is 2.33. The fourth-order valence-electron chi connectivity index (χ4n) is 1.10. The highest BCUT2D eigenvalue weighted by Gasteiger charge is 2.20. The van der Waals surface area contributed by atoms with Gasteiger partial charge in [0.05, 0.1) is 19.8 Å². The quantitative estimate of drug-likeness (QED) is 0.273. The van der Waals surface area contributed by atoms with E-state index in [1.54, 1.807) is 6.92 Å². The van der Waals surface area contributed by atoms with Crippen LogP contribution in [-0.2, 0) is 23.1 Å². The molecular weight excluding hydrogens is 271 g/mol. The molecule has 0 aliphatic heterocycles. The molecule has 1 atom stereocenters. The lowest BCUT2D eigenvalue weighted by molar-refractivity contribution is -0.139. The van der Waals surface area contributed by atoms with Crippen LogP contribution in [0.1, 0.15) is 39.5 Å². The number of rotatable bonds is 11. The Hall–Kier alpha value is -0.680. The number of unbranched alkanes of at least 4 members (excludes halogenated alkanes) is 2. The second-order valence-corrected chi connectivity index (χ2v) is 5.57. The van der Waals surface area contributed by atoms with Gasteiger partial charge in [-0.15, -0.1) is 0 Å². The van der Waals surface area contributed by atoms with Crippen LogP contribution in [0, 0.1) is 0 Å². The summed E-state index contributed by atoms with van der Waals surface area (Å²) in [4.78, 5) is 20.3. The monoisotopic (exact) mass is 294 g/mol. The van der Waals surface area contributed by atoms with Crippen LogP contribution < -0.4 is 0 Å². The van der Waals surface area contributed by atoms with Gasteiger partial charge in [-0.1, -0.05) is 26.3 Å². The first kappa shape index (κ1) is 18.3. The van der Waals surface area contributed by atoms with E-state index < -0.39 is 13.8 Å². The standard InChI is InChI=1S/C12H23O6P/c1-4-5-6-9-17-19(14,15)18-10-7-8-16-12(13)11(2)3/h2,4-10H2,1,3H3,(H,14,15). The molecule has 0 aromatic rings. The first-order valence-corrected chi connectivity index (χ1v) is 7.83. The van der Waals surface area contributed by atoms with Gasteiger partial charge in [-0.3, -0.25) is 9.05 Å². The molecule has 6 nitrogen and oxygen atoms in total. The normalized spacial score (nSPS) is 13.8. The Morgan fingerprint density at radius 2 is 1.74 bits per heavy atom. The van der Waals surface area contributed by atoms with Gasteiger partial charge >= 0.3 is 13.8 Å². The zero-order valence-electron chi connectivity index (χ0n) is 11.6. The highest BCUT2D eigenvalue weighted by Crippen LogP contribution is 2.43. The number of phosphoric acid groups is 1. The van der Waals surface area contributed by atoms with E-state index in [9.17, 15) is 14.3 Å². The molecule has 0 aromatic heterocycles. The van der Waals surface area contributed by atoms with Crippen molar-refractivity contribution in [3.8, 4) is 0 Å². The van der Waals surface area contributed by atoms with Gasteiger partial charge in [-0.2, -0.15) is 0 Å². The number of hydrogen-bond donors (Lipinski definition) is 1. The Labute approximate surface area is 114 Å². The Bertz CT molecular complexity index is 328. The van der Waals surface area contributed by atoms with Crippen molar-refractivity contribution in [3.05, 3.63) is 12.2 Å². The Morgan fingerprint density at radius 1 is 1.16 bits per heavy atom. The van der Waals surface area contributed by atoms with Crippen LogP contribution in [0.3, 0.4) is 0 Å². The molecule has 0 fully saturated rings. The highest BCUT2D eigenvalue weighted by molar-refractivity contribution is 7.47. The van der Waals surface area contributed by atoms with Crippen molar-refractivity contribution in [1.82, 2.24) is 0 Å². The number of phosphoric ester groups is 1. The number of hydrogen-bond acceptors (Lipinski definition) is 5. The van der Waals surface area contributed by atoms with E-state index in [-0.39, 0.29) is 19.8 Å². The molecule has 0 radical (unpaired) electrons. The van der Waals surface area contributed by atoms with E-state index in [1.807, 2.05) is 6.92 Å². The Kier molecular flexibility index (Phi) is 9.79. The molecular formula is C12H23O6P. The average molecular weight is 294 g/mol. The molecule has 0 saturated heterocycles. The molecule has 0 bridgehead atoms. The van der Waals surface area contributed by atoms with Crippen molar-refractivity contribution < 1.29 is 28.0 Å². The van der Waals surface area contributed by atoms with Gasteiger partial charge < -0.3 is 9.63 Å². The summed E-state index contributed by atoms with van der Waals surface area (Å²) < 4.78 is 25.7. The molecule has 0 spiro atoms. The van der Waals surface area contributed by atoms with E-state index in [0.29, 0.717) is 12.0 Å². The van der Waals surface area contributed by atoms with E-state index in [1.165, 1.54) is 0 Å². The molecule has 19 heavy (non-hydrogen) atoms. The van der Waals surface area contributed by atoms with Crippen LogP contribution in [0.15, 0.2) is 12.2 Å². The molecule has 0 rings (SSSR count). The SMILES string of the molecule is C=C(C)C(=O)OCCCOP(=O)(O)OCCCCC. The number of carbonyl (C=O) groups excluding carboxylic acids is 1. The second-order valence-electron chi connectivity index (χ2n) is 4.11. The molecule has 0 aliphatic carbocycles. The van der Waals surface area contributed by atoms with Crippen LogP contribution >= 0.6 is 7.82 Å². The van der Waals surface area contributed by atoms with E-state index >= 15 is 0 Å². The summed E-state index contributed by atoms with van der Waals surface area (Å²) in [6.45, 7) is 7.31. The number of ether oxygens (including phenoxy) is 1. The summed E-state index contributed by atoms with van der Waals surface area (Å²) >= 11 is 0. The van der Waals surface area contributed by atoms with Crippen molar-refractivity contribution >= 4 is 13.8 Å². The largest absolute Gasteiger partial charge is 0.472 e. The summed E-state index contributed by atoms with van der Waals surface area (Å²) in [5.74, 6) is -0.483. The molecule has 0 aromatic carbocycles. The lowest BCUT2D eigenvalue weighted by Crippen LogP contribution is -2.08. The van der Waals surface area contributed by atoms with Crippen molar-refractivity contribution in [2.75, 3.05) is 19.8 Å². The zero-order valence-corrected chi connectivity index (χ0v) is 12.5. The minimum atomic E-state index is -3.97. The topological polar surface area (TPSA) is 82.1 Å². The zero-order chi connectivity index (χ0) is 14.7. The van der Waals surface area contributed by atoms with Crippen molar-refractivity contribution in [2.45, 2.75) is 39.5 Å². The van der Waals surface area contributed by atoms with E-state index in [4.69, 9.17) is 13.8 Å². The van der Waals surface area contributed by atoms with Gasteiger partial charge in [0, 0.05) is 12.0 Å². The first-order chi connectivity index (χ1) is 8.89. The van der Waals surface area contributed by atoms with Gasteiger partial charge in [-0.05, 0) is 13.3 Å². The van der Waals surface area contributed by atoms with Crippen molar-refractivity contribution in [1.29, 1.82) is 0 Å². The van der Waals surface area contributed by atoms with Crippen LogP contribution in [-0.4, -0.2) is 30.7 Å². The third-order valence-electron chi connectivity index (χ3n) is 2.13. The molecule has 0 aliphatic rings. The van der Waals surface area contributed by atoms with Crippen LogP contribution in [0.5, 0.6) is 0 Å². The third-order valence-corrected chi connectivity index (χ3v) is 3.14. The lowest BCUT2D eigenvalue weighted by atomic mass is 10.3. The summed E-state index contributed by atoms with van der Waals surface area (Å²) in [6, 6.07) is 0. The second kappa shape index (κ2) is 10.1. The smallest absolute Gasteiger partial charge is 0.462 e. The Morgan fingerprint density at radius 3 is 2.26 bits per heavy atom. The minimum absolute atomic E-state index is 0.00890. The lowest BCUT2D eigenvalue weighted by Gasteiger charge is -2.12. The van der Waals surface area contributed by atoms with Gasteiger partial charge in [0.2, 0.25) is 0 Å². The molecule has 0 heterocycles. The minimum Gasteiger partial charge on any atom is -0.462 e. The highest BCUT2D eigenvalue weighted by atomic mass is 31.2. The first-order valence-electron chi connectivity index (χ1n) is 6.33. The molecule has 1 unspecified atom stereocenters. The summed E-state index contributed by atoms with van der Waals surface area (Å²) in [5.41, 5.74) is 0.313. The number of esters is 1. The number of carbonyl (C=O) groups is 1. The van der Waals surface area contributed by atoms with Gasteiger partial charge in [0.1, 0.15) is 0 Å². The maximum Gasteiger partial charge on any atom is 0.472 e. The van der Waals surface area contributed by atoms with E-state index in [0.717, 1.165) is 19.3 Å². The van der Waals surface area contributed by atoms with Gasteiger partial charge in [0.15, 0.2) is 0 Å². The maximum absolute atomic E-state index is 11.4. The third kappa shape index (κ3) is 10.9. The summed E-state index contributed by atoms with van der Waals surface area (Å²) in [5, 5.41) is 0. The Balaban J connectivity index is 3.60. The van der Waals surface area contributed by atoms with Crippen molar-refractivity contribution in [3.63, 3.8) is 0 Å². The van der Waals surface area contributed by atoms with Gasteiger partial charge in [0.25, 0.3) is 0 Å². The molecule has 1 N–H and O–H groups in total. The predicted octanol–water partition coefficient (Wildman–Crippen LogP) is 2.82. The fourth-order valence-corrected chi connectivity index (χ4v) is 1.89. The van der Waals surface area contributed by atoms with Crippen LogP contribution in [0.2, 0.25) is 0 Å². The molecule has 0 amide bonds. The van der Waals surface area contributed by atoms with Crippen LogP contribution in [0.4, 0.5) is 0 Å². The summed E-state index contributed by atoms with van der Waals surface area (Å²) in [6.07, 6.45) is 2.99. The molecule has 112 valence electrons. The van der Waals surface area contributed by atoms with E-state index in [2.05, 4.69) is 6.58 Å². The summed E-state index contributed by atoms with van der Waals surface area (Å²) in [7, 11) is -3.97. The fraction of sp³-hybridized carbons (Fsp3) is 0.750. The van der Waals surface area contributed by atoms with Gasteiger partial charge in [-0.25, -0.2) is 9.36 Å². The van der Waals surface area contributed by atoms with Crippen molar-refractivity contribution in [2.24, 2.45) is 0 Å². The maximum atomic E-state index is 11.4. The molecule has 7 heteroatoms. The molecule has 0 saturated carbocycles.